The number of anilines is 1. The van der Waals surface area contributed by atoms with Gasteiger partial charge in [0.25, 0.3) is 5.91 Å². The molecular weight excluding hydrogens is 440 g/mol. The summed E-state index contributed by atoms with van der Waals surface area (Å²) in [5, 5.41) is 10.8. The van der Waals surface area contributed by atoms with E-state index < -0.39 is 5.54 Å². The molecule has 2 saturated carbocycles. The average Bonchev–Trinajstić information content (AvgIpc) is 3.82. The van der Waals surface area contributed by atoms with Gasteiger partial charge < -0.3 is 15.6 Å². The Morgan fingerprint density at radius 2 is 1.83 bits per heavy atom. The highest BCUT2D eigenvalue weighted by Crippen LogP contribution is 2.46. The minimum Gasteiger partial charge on any atom is -0.388 e. The van der Waals surface area contributed by atoms with Crippen molar-refractivity contribution < 1.29 is 9.59 Å². The highest BCUT2D eigenvalue weighted by atomic mass is 16.2. The number of amidine groups is 1. The third kappa shape index (κ3) is 3.91. The van der Waals surface area contributed by atoms with Crippen molar-refractivity contribution in [1.29, 1.82) is 5.41 Å². The van der Waals surface area contributed by atoms with Crippen LogP contribution in [0.4, 0.5) is 5.69 Å². The Kier molecular flexibility index (Phi) is 5.21. The Hall–Kier alpha value is -3.52. The van der Waals surface area contributed by atoms with Gasteiger partial charge in [0.2, 0.25) is 5.91 Å². The number of rotatable bonds is 7. The van der Waals surface area contributed by atoms with E-state index in [1.807, 2.05) is 59.3 Å². The predicted octanol–water partition coefficient (Wildman–Crippen LogP) is 2.98. The minimum atomic E-state index is -0.570. The monoisotopic (exact) mass is 470 g/mol. The molecule has 3 fully saturated rings. The first-order chi connectivity index (χ1) is 17.0. The van der Waals surface area contributed by atoms with E-state index >= 15 is 0 Å². The van der Waals surface area contributed by atoms with Gasteiger partial charge in [0.15, 0.2) is 0 Å². The number of carbonyl (C=O) groups is 2. The fourth-order valence-corrected chi connectivity index (χ4v) is 5.08. The van der Waals surface area contributed by atoms with E-state index in [0.29, 0.717) is 13.3 Å². The van der Waals surface area contributed by atoms with Crippen LogP contribution in [0.3, 0.4) is 0 Å². The lowest BCUT2D eigenvalue weighted by Crippen LogP contribution is -2.44. The highest BCUT2D eigenvalue weighted by Gasteiger charge is 2.57. The van der Waals surface area contributed by atoms with Crippen LogP contribution >= 0.6 is 0 Å². The molecule has 2 aromatic rings. The molecule has 180 valence electrons. The van der Waals surface area contributed by atoms with Gasteiger partial charge in [-0.3, -0.25) is 24.4 Å². The molecule has 8 heteroatoms. The van der Waals surface area contributed by atoms with Gasteiger partial charge in [-0.25, -0.2) is 0 Å². The third-order valence-corrected chi connectivity index (χ3v) is 7.53. The largest absolute Gasteiger partial charge is 0.388 e. The van der Waals surface area contributed by atoms with Crippen LogP contribution in [0, 0.1) is 11.3 Å². The van der Waals surface area contributed by atoms with Crippen LogP contribution in [0.5, 0.6) is 0 Å². The van der Waals surface area contributed by atoms with Gasteiger partial charge in [0.1, 0.15) is 11.4 Å². The van der Waals surface area contributed by atoms with E-state index in [0.717, 1.165) is 72.5 Å². The van der Waals surface area contributed by atoms with Crippen LogP contribution in [0.15, 0.2) is 47.5 Å². The summed E-state index contributed by atoms with van der Waals surface area (Å²) in [7, 11) is 1.85. The van der Waals surface area contributed by atoms with Gasteiger partial charge in [-0.1, -0.05) is 30.3 Å². The molecule has 6 rings (SSSR count). The summed E-state index contributed by atoms with van der Waals surface area (Å²) >= 11 is 0. The van der Waals surface area contributed by atoms with Crippen molar-refractivity contribution in [2.75, 3.05) is 38.8 Å². The summed E-state index contributed by atoms with van der Waals surface area (Å²) in [5.41, 5.74) is 4.19. The number of aliphatic imine (C=N–C) groups is 1. The highest BCUT2D eigenvalue weighted by molar-refractivity contribution is 6.16. The number of amides is 2. The number of nitrogens with zero attached hydrogens (tertiary/aromatic N) is 4. The van der Waals surface area contributed by atoms with E-state index in [2.05, 4.69) is 10.2 Å². The maximum Gasteiger partial charge on any atom is 0.257 e. The predicted molar refractivity (Wildman–Crippen MR) is 136 cm³/mol. The number of nitrogens with one attached hydrogen (secondary N) is 2. The Morgan fingerprint density at radius 3 is 2.49 bits per heavy atom. The summed E-state index contributed by atoms with van der Waals surface area (Å²) in [6.45, 7) is 2.55. The molecule has 1 saturated heterocycles. The van der Waals surface area contributed by atoms with Crippen molar-refractivity contribution in [2.45, 2.75) is 31.2 Å². The number of hydrogen-bond donors (Lipinski definition) is 2. The normalized spacial score (nSPS) is 20.9. The third-order valence-electron chi connectivity index (χ3n) is 7.53. The van der Waals surface area contributed by atoms with Crippen molar-refractivity contribution >= 4 is 29.6 Å². The van der Waals surface area contributed by atoms with Gasteiger partial charge in [-0.05, 0) is 48.9 Å². The van der Waals surface area contributed by atoms with E-state index in [1.54, 1.807) is 0 Å². The van der Waals surface area contributed by atoms with Crippen LogP contribution in [-0.2, 0) is 9.59 Å². The summed E-state index contributed by atoms with van der Waals surface area (Å²) in [4.78, 5) is 36.6. The molecule has 2 N–H and O–H groups in total. The minimum absolute atomic E-state index is 0.0850. The van der Waals surface area contributed by atoms with Gasteiger partial charge in [0.05, 0.1) is 13.3 Å². The lowest BCUT2D eigenvalue weighted by atomic mass is 10.0. The van der Waals surface area contributed by atoms with Gasteiger partial charge in [0, 0.05) is 49.1 Å². The second-order valence-corrected chi connectivity index (χ2v) is 10.0. The molecule has 2 aliphatic heterocycles. The first kappa shape index (κ1) is 22.0. The van der Waals surface area contributed by atoms with Crippen molar-refractivity contribution in [3.05, 3.63) is 53.6 Å². The number of hydrogen-bond acceptors (Lipinski definition) is 6. The summed E-state index contributed by atoms with van der Waals surface area (Å²) in [6, 6.07) is 14.2. The van der Waals surface area contributed by atoms with E-state index in [-0.39, 0.29) is 17.7 Å². The molecule has 0 aromatic heterocycles. The molecule has 0 unspecified atom stereocenters. The second kappa shape index (κ2) is 8.30. The summed E-state index contributed by atoms with van der Waals surface area (Å²) in [6.07, 6.45) is 4.99. The standard InChI is InChI=1S/C27H30N6O2/c1-29-23-9-8-21(14-22(23)15-28)18-2-4-19(5-3-18)24-30-27(10-11-27)26(35)33(24)17-31-12-13-32(16-31)25(34)20-6-7-20/h2-5,8-9,14-15,20,28-29H,6-7,10-13,16-17H2,1H3. The lowest BCUT2D eigenvalue weighted by Gasteiger charge is -2.26. The van der Waals surface area contributed by atoms with Crippen LogP contribution in [0.2, 0.25) is 0 Å². The van der Waals surface area contributed by atoms with E-state index in [4.69, 9.17) is 10.4 Å². The Balaban J connectivity index is 1.21. The number of benzene rings is 2. The zero-order chi connectivity index (χ0) is 24.2. The van der Waals surface area contributed by atoms with Gasteiger partial charge in [-0.15, -0.1) is 0 Å². The maximum absolute atomic E-state index is 13.3. The van der Waals surface area contributed by atoms with E-state index in [1.165, 1.54) is 6.21 Å². The molecule has 4 aliphatic rings. The molecular formula is C27H30N6O2. The summed E-state index contributed by atoms with van der Waals surface area (Å²) < 4.78 is 0. The van der Waals surface area contributed by atoms with Crippen LogP contribution in [0.1, 0.15) is 36.8 Å². The summed E-state index contributed by atoms with van der Waals surface area (Å²) in [5.74, 6) is 1.30. The molecule has 0 bridgehead atoms. The Bertz CT molecular complexity index is 1230. The van der Waals surface area contributed by atoms with Gasteiger partial charge >= 0.3 is 0 Å². The zero-order valence-electron chi connectivity index (χ0n) is 20.0. The molecule has 8 nitrogen and oxygen atoms in total. The molecule has 35 heavy (non-hydrogen) atoms. The lowest BCUT2D eigenvalue weighted by molar-refractivity contribution is -0.132. The van der Waals surface area contributed by atoms with Crippen molar-refractivity contribution in [2.24, 2.45) is 10.9 Å². The van der Waals surface area contributed by atoms with Gasteiger partial charge in [-0.2, -0.15) is 0 Å². The molecule has 2 heterocycles. The molecule has 0 atom stereocenters. The Morgan fingerprint density at radius 1 is 1.11 bits per heavy atom. The fraction of sp³-hybridized carbons (Fsp3) is 0.407. The first-order valence-electron chi connectivity index (χ1n) is 12.4. The average molecular weight is 471 g/mol. The Labute approximate surface area is 205 Å². The van der Waals surface area contributed by atoms with Crippen molar-refractivity contribution in [3.8, 4) is 11.1 Å². The van der Waals surface area contributed by atoms with Crippen LogP contribution < -0.4 is 5.32 Å². The smallest absolute Gasteiger partial charge is 0.257 e. The topological polar surface area (TPSA) is 92.1 Å². The first-order valence-corrected chi connectivity index (χ1v) is 12.4. The second-order valence-electron chi connectivity index (χ2n) is 10.0. The molecule has 2 amide bonds. The van der Waals surface area contributed by atoms with Crippen LogP contribution in [-0.4, -0.2) is 77.6 Å². The molecule has 0 radical (unpaired) electrons. The van der Waals surface area contributed by atoms with E-state index in [9.17, 15) is 9.59 Å². The van der Waals surface area contributed by atoms with Crippen LogP contribution in [0.25, 0.3) is 11.1 Å². The maximum atomic E-state index is 13.3. The SMILES string of the molecule is CNc1ccc(-c2ccc(C3=NC4(CC4)C(=O)N3CN3CCN(C(=O)C4CC4)C3)cc2)cc1C=N. The van der Waals surface area contributed by atoms with Crippen molar-refractivity contribution in [1.82, 2.24) is 14.7 Å². The molecule has 1 spiro atoms. The zero-order valence-corrected chi connectivity index (χ0v) is 20.0. The number of carbonyl (C=O) groups excluding carboxylic acids is 2. The van der Waals surface area contributed by atoms with Crippen molar-refractivity contribution in [3.63, 3.8) is 0 Å². The fourth-order valence-electron chi connectivity index (χ4n) is 5.08. The molecule has 2 aliphatic carbocycles. The molecule has 2 aromatic carbocycles. The quantitative estimate of drug-likeness (QED) is 0.609.